The van der Waals surface area contributed by atoms with E-state index in [-0.39, 0.29) is 11.8 Å². The van der Waals surface area contributed by atoms with E-state index in [1.165, 1.54) is 6.92 Å². The van der Waals surface area contributed by atoms with Gasteiger partial charge in [0.2, 0.25) is 11.8 Å². The number of benzene rings is 1. The number of nitrogens with zero attached hydrogens (tertiary/aromatic N) is 2. The third kappa shape index (κ3) is 5.93. The molecular formula is C18H29N3O2. The summed E-state index contributed by atoms with van der Waals surface area (Å²) >= 11 is 0. The SMILES string of the molecule is CCCNC(=O)CCN(C(C)=O)c1ccc(N(CC)CC)cc1. The summed E-state index contributed by atoms with van der Waals surface area (Å²) < 4.78 is 0. The molecule has 0 aliphatic carbocycles. The quantitative estimate of drug-likeness (QED) is 0.761. The van der Waals surface area contributed by atoms with Gasteiger partial charge in [-0.15, -0.1) is 0 Å². The molecule has 1 rings (SSSR count). The lowest BCUT2D eigenvalue weighted by atomic mass is 10.2. The summed E-state index contributed by atoms with van der Waals surface area (Å²) in [5.74, 6) is -0.0678. The van der Waals surface area contributed by atoms with E-state index in [0.717, 1.165) is 30.9 Å². The molecule has 0 aliphatic heterocycles. The molecule has 2 amide bonds. The number of hydrogen-bond donors (Lipinski definition) is 1. The number of amides is 2. The van der Waals surface area contributed by atoms with Crippen molar-refractivity contribution in [3.63, 3.8) is 0 Å². The second-order valence-corrected chi connectivity index (χ2v) is 5.46. The maximum atomic E-state index is 11.9. The predicted molar refractivity (Wildman–Crippen MR) is 95.9 cm³/mol. The first-order valence-electron chi connectivity index (χ1n) is 8.43. The normalized spacial score (nSPS) is 10.3. The Kier molecular flexibility index (Phi) is 8.16. The minimum Gasteiger partial charge on any atom is -0.372 e. The highest BCUT2D eigenvalue weighted by atomic mass is 16.2. The molecule has 5 heteroatoms. The standard InChI is InChI=1S/C18H29N3O2/c1-5-13-19-18(23)12-14-21(15(4)22)17-10-8-16(9-11-17)20(6-2)7-3/h8-11H,5-7,12-14H2,1-4H3,(H,19,23). The van der Waals surface area contributed by atoms with Crippen LogP contribution in [0.25, 0.3) is 0 Å². The van der Waals surface area contributed by atoms with Crippen LogP contribution in [0.2, 0.25) is 0 Å². The molecule has 5 nitrogen and oxygen atoms in total. The second kappa shape index (κ2) is 9.87. The number of hydrogen-bond acceptors (Lipinski definition) is 3. The van der Waals surface area contributed by atoms with Crippen LogP contribution in [0, 0.1) is 0 Å². The van der Waals surface area contributed by atoms with Crippen LogP contribution in [0.4, 0.5) is 11.4 Å². The van der Waals surface area contributed by atoms with Gasteiger partial charge in [0.15, 0.2) is 0 Å². The minimum atomic E-state index is -0.0520. The first kappa shape index (κ1) is 19.0. The summed E-state index contributed by atoms with van der Waals surface area (Å²) in [5.41, 5.74) is 1.97. The van der Waals surface area contributed by atoms with Crippen LogP contribution in [-0.2, 0) is 9.59 Å². The van der Waals surface area contributed by atoms with E-state index in [0.29, 0.717) is 19.5 Å². The molecule has 0 fully saturated rings. The van der Waals surface area contributed by atoms with Gasteiger partial charge in [-0.25, -0.2) is 0 Å². The molecular weight excluding hydrogens is 290 g/mol. The molecule has 0 heterocycles. The zero-order valence-electron chi connectivity index (χ0n) is 14.8. The van der Waals surface area contributed by atoms with Crippen LogP contribution in [0.1, 0.15) is 40.5 Å². The molecule has 23 heavy (non-hydrogen) atoms. The van der Waals surface area contributed by atoms with Gasteiger partial charge < -0.3 is 15.1 Å². The zero-order valence-corrected chi connectivity index (χ0v) is 14.8. The van der Waals surface area contributed by atoms with Gasteiger partial charge in [0.25, 0.3) is 0 Å². The van der Waals surface area contributed by atoms with Crippen LogP contribution >= 0.6 is 0 Å². The molecule has 0 aromatic heterocycles. The van der Waals surface area contributed by atoms with Gasteiger partial charge in [-0.1, -0.05) is 6.92 Å². The van der Waals surface area contributed by atoms with E-state index in [4.69, 9.17) is 0 Å². The minimum absolute atomic E-state index is 0.0159. The summed E-state index contributed by atoms with van der Waals surface area (Å²) in [6, 6.07) is 7.93. The Morgan fingerprint density at radius 1 is 1.00 bits per heavy atom. The second-order valence-electron chi connectivity index (χ2n) is 5.46. The molecule has 0 atom stereocenters. The zero-order chi connectivity index (χ0) is 17.2. The van der Waals surface area contributed by atoms with E-state index >= 15 is 0 Å². The van der Waals surface area contributed by atoms with Crippen molar-refractivity contribution in [3.8, 4) is 0 Å². The molecule has 1 aromatic rings. The first-order valence-corrected chi connectivity index (χ1v) is 8.43. The Morgan fingerprint density at radius 3 is 2.04 bits per heavy atom. The lowest BCUT2D eigenvalue weighted by Crippen LogP contribution is -2.34. The fourth-order valence-corrected chi connectivity index (χ4v) is 2.47. The highest BCUT2D eigenvalue weighted by molar-refractivity contribution is 5.92. The Labute approximate surface area is 139 Å². The van der Waals surface area contributed by atoms with Crippen LogP contribution in [0.15, 0.2) is 24.3 Å². The van der Waals surface area contributed by atoms with E-state index in [2.05, 4.69) is 24.1 Å². The van der Waals surface area contributed by atoms with Gasteiger partial charge >= 0.3 is 0 Å². The summed E-state index contributed by atoms with van der Waals surface area (Å²) in [6.07, 6.45) is 1.23. The van der Waals surface area contributed by atoms with Gasteiger partial charge in [0, 0.05) is 50.9 Å². The van der Waals surface area contributed by atoms with Crippen molar-refractivity contribution >= 4 is 23.2 Å². The Hall–Kier alpha value is -2.04. The Bertz CT molecular complexity index is 495. The molecule has 0 saturated carbocycles. The van der Waals surface area contributed by atoms with Crippen molar-refractivity contribution in [1.29, 1.82) is 0 Å². The summed E-state index contributed by atoms with van der Waals surface area (Å²) in [6.45, 7) is 10.8. The fraction of sp³-hybridized carbons (Fsp3) is 0.556. The number of nitrogens with one attached hydrogen (secondary N) is 1. The Morgan fingerprint density at radius 2 is 1.57 bits per heavy atom. The first-order chi connectivity index (χ1) is 11.0. The van der Waals surface area contributed by atoms with E-state index < -0.39 is 0 Å². The predicted octanol–water partition coefficient (Wildman–Crippen LogP) is 2.80. The largest absolute Gasteiger partial charge is 0.372 e. The van der Waals surface area contributed by atoms with Crippen molar-refractivity contribution in [2.45, 2.75) is 40.5 Å². The van der Waals surface area contributed by atoms with E-state index in [1.54, 1.807) is 4.90 Å². The maximum absolute atomic E-state index is 11.9. The van der Waals surface area contributed by atoms with Crippen molar-refractivity contribution in [2.75, 3.05) is 36.0 Å². The van der Waals surface area contributed by atoms with Crippen LogP contribution in [0.5, 0.6) is 0 Å². The van der Waals surface area contributed by atoms with Gasteiger partial charge in [0.1, 0.15) is 0 Å². The van der Waals surface area contributed by atoms with Crippen LogP contribution in [-0.4, -0.2) is 38.0 Å². The lowest BCUT2D eigenvalue weighted by Gasteiger charge is -2.24. The van der Waals surface area contributed by atoms with Gasteiger partial charge in [-0.05, 0) is 44.5 Å². The molecule has 0 bridgehead atoms. The molecule has 0 radical (unpaired) electrons. The third-order valence-electron chi connectivity index (χ3n) is 3.80. The van der Waals surface area contributed by atoms with E-state index in [9.17, 15) is 9.59 Å². The van der Waals surface area contributed by atoms with Crippen LogP contribution in [0.3, 0.4) is 0 Å². The molecule has 0 unspecified atom stereocenters. The van der Waals surface area contributed by atoms with Crippen molar-refractivity contribution in [2.24, 2.45) is 0 Å². The molecule has 0 aliphatic rings. The molecule has 1 N–H and O–H groups in total. The molecule has 1 aromatic carbocycles. The van der Waals surface area contributed by atoms with Gasteiger partial charge in [-0.3, -0.25) is 9.59 Å². The van der Waals surface area contributed by atoms with Crippen molar-refractivity contribution in [3.05, 3.63) is 24.3 Å². The highest BCUT2D eigenvalue weighted by Crippen LogP contribution is 2.21. The van der Waals surface area contributed by atoms with Gasteiger partial charge in [-0.2, -0.15) is 0 Å². The molecule has 128 valence electrons. The molecule has 0 saturated heterocycles. The average Bonchev–Trinajstić information content (AvgIpc) is 2.55. The highest BCUT2D eigenvalue weighted by Gasteiger charge is 2.13. The van der Waals surface area contributed by atoms with Gasteiger partial charge in [0.05, 0.1) is 0 Å². The van der Waals surface area contributed by atoms with Crippen LogP contribution < -0.4 is 15.1 Å². The average molecular weight is 319 g/mol. The maximum Gasteiger partial charge on any atom is 0.223 e. The van der Waals surface area contributed by atoms with E-state index in [1.807, 2.05) is 31.2 Å². The fourth-order valence-electron chi connectivity index (χ4n) is 2.47. The van der Waals surface area contributed by atoms with Crippen molar-refractivity contribution in [1.82, 2.24) is 5.32 Å². The molecule has 0 spiro atoms. The number of rotatable bonds is 9. The topological polar surface area (TPSA) is 52.7 Å². The smallest absolute Gasteiger partial charge is 0.223 e. The summed E-state index contributed by atoms with van der Waals surface area (Å²) in [4.78, 5) is 27.5. The number of anilines is 2. The number of carbonyl (C=O) groups is 2. The van der Waals surface area contributed by atoms with Crippen molar-refractivity contribution < 1.29 is 9.59 Å². The monoisotopic (exact) mass is 319 g/mol. The lowest BCUT2D eigenvalue weighted by molar-refractivity contribution is -0.121. The Balaban J connectivity index is 2.74. The third-order valence-corrected chi connectivity index (χ3v) is 3.80. The number of carbonyl (C=O) groups excluding carboxylic acids is 2. The summed E-state index contributed by atoms with van der Waals surface area (Å²) in [7, 11) is 0. The summed E-state index contributed by atoms with van der Waals surface area (Å²) in [5, 5.41) is 2.83.